The van der Waals surface area contributed by atoms with E-state index in [0.717, 1.165) is 29.2 Å². The van der Waals surface area contributed by atoms with Gasteiger partial charge in [-0.3, -0.25) is 0 Å². The van der Waals surface area contributed by atoms with Crippen molar-refractivity contribution in [3.63, 3.8) is 0 Å². The van der Waals surface area contributed by atoms with Crippen molar-refractivity contribution in [1.82, 2.24) is 9.78 Å². The Labute approximate surface area is 109 Å². The van der Waals surface area contributed by atoms with Crippen LogP contribution in [0.5, 0.6) is 0 Å². The van der Waals surface area contributed by atoms with Crippen molar-refractivity contribution in [2.45, 2.75) is 39.5 Å². The Bertz CT molecular complexity index is 500. The van der Waals surface area contributed by atoms with Crippen LogP contribution in [-0.4, -0.2) is 9.78 Å². The van der Waals surface area contributed by atoms with Gasteiger partial charge in [0.1, 0.15) is 5.82 Å². The third-order valence-electron chi connectivity index (χ3n) is 3.28. The molecule has 0 radical (unpaired) electrons. The number of nitrogens with two attached hydrogens (primary N) is 1. The fourth-order valence-electron chi connectivity index (χ4n) is 2.10. The third-order valence-corrected chi connectivity index (χ3v) is 3.28. The van der Waals surface area contributed by atoms with Crippen molar-refractivity contribution < 1.29 is 0 Å². The van der Waals surface area contributed by atoms with E-state index in [1.54, 1.807) is 0 Å². The maximum Gasteiger partial charge on any atom is 0.130 e. The number of anilines is 1. The van der Waals surface area contributed by atoms with E-state index < -0.39 is 0 Å². The van der Waals surface area contributed by atoms with Gasteiger partial charge in [0, 0.05) is 5.56 Å². The monoisotopic (exact) mass is 243 g/mol. The van der Waals surface area contributed by atoms with Crippen LogP contribution in [0.25, 0.3) is 5.69 Å². The van der Waals surface area contributed by atoms with Crippen LogP contribution in [-0.2, 0) is 6.42 Å². The summed E-state index contributed by atoms with van der Waals surface area (Å²) in [6, 6.07) is 10.1. The molecular weight excluding hydrogens is 222 g/mol. The molecule has 96 valence electrons. The first-order chi connectivity index (χ1) is 8.74. The molecule has 0 saturated heterocycles. The molecule has 1 aromatic heterocycles. The summed E-state index contributed by atoms with van der Waals surface area (Å²) in [6.45, 7) is 4.27. The minimum Gasteiger partial charge on any atom is -0.383 e. The Morgan fingerprint density at radius 3 is 2.56 bits per heavy atom. The fraction of sp³-hybridized carbons (Fsp3) is 0.400. The number of hydrogen-bond donors (Lipinski definition) is 1. The smallest absolute Gasteiger partial charge is 0.130 e. The number of nitrogens with zero attached hydrogens (tertiary/aromatic N) is 2. The SMILES string of the molecule is CCCCCc1nn(-c2ccccc2)c(N)c1C. The molecule has 0 atom stereocenters. The van der Waals surface area contributed by atoms with Crippen molar-refractivity contribution in [3.05, 3.63) is 41.6 Å². The molecule has 0 unspecified atom stereocenters. The van der Waals surface area contributed by atoms with Crippen LogP contribution in [0.2, 0.25) is 0 Å². The Kier molecular flexibility index (Phi) is 4.03. The average molecular weight is 243 g/mol. The van der Waals surface area contributed by atoms with Crippen LogP contribution in [0.3, 0.4) is 0 Å². The number of aryl methyl sites for hydroxylation is 1. The lowest BCUT2D eigenvalue weighted by Gasteiger charge is -2.02. The highest BCUT2D eigenvalue weighted by atomic mass is 15.3. The number of unbranched alkanes of at least 4 members (excludes halogenated alkanes) is 2. The molecule has 2 rings (SSSR count). The highest BCUT2D eigenvalue weighted by molar-refractivity contribution is 5.49. The van der Waals surface area contributed by atoms with Gasteiger partial charge in [0.2, 0.25) is 0 Å². The van der Waals surface area contributed by atoms with E-state index in [1.165, 1.54) is 19.3 Å². The molecule has 2 N–H and O–H groups in total. The van der Waals surface area contributed by atoms with E-state index in [0.29, 0.717) is 0 Å². The van der Waals surface area contributed by atoms with Gasteiger partial charge < -0.3 is 5.73 Å². The minimum absolute atomic E-state index is 0.757. The third kappa shape index (κ3) is 2.55. The highest BCUT2D eigenvalue weighted by Crippen LogP contribution is 2.21. The standard InChI is InChI=1S/C15H21N3/c1-3-4-6-11-14-12(2)15(16)18(17-14)13-9-7-5-8-10-13/h5,7-10H,3-4,6,11,16H2,1-2H3. The van der Waals surface area contributed by atoms with Crippen LogP contribution in [0.4, 0.5) is 5.82 Å². The Morgan fingerprint density at radius 2 is 1.89 bits per heavy atom. The molecule has 0 spiro atoms. The maximum absolute atomic E-state index is 6.14. The lowest BCUT2D eigenvalue weighted by atomic mass is 10.1. The van der Waals surface area contributed by atoms with E-state index in [-0.39, 0.29) is 0 Å². The quantitative estimate of drug-likeness (QED) is 0.817. The molecular formula is C15H21N3. The summed E-state index contributed by atoms with van der Waals surface area (Å²) >= 11 is 0. The normalized spacial score (nSPS) is 10.8. The summed E-state index contributed by atoms with van der Waals surface area (Å²) in [5.41, 5.74) is 9.42. The van der Waals surface area contributed by atoms with Gasteiger partial charge in [-0.15, -0.1) is 0 Å². The zero-order chi connectivity index (χ0) is 13.0. The predicted octanol–water partition coefficient (Wildman–Crippen LogP) is 3.50. The molecule has 0 saturated carbocycles. The second-order valence-electron chi connectivity index (χ2n) is 4.66. The van der Waals surface area contributed by atoms with Gasteiger partial charge in [0.15, 0.2) is 0 Å². The Morgan fingerprint density at radius 1 is 1.17 bits per heavy atom. The van der Waals surface area contributed by atoms with Gasteiger partial charge >= 0.3 is 0 Å². The fourth-order valence-corrected chi connectivity index (χ4v) is 2.10. The molecule has 18 heavy (non-hydrogen) atoms. The Balaban J connectivity index is 2.25. The second kappa shape index (κ2) is 5.71. The van der Waals surface area contributed by atoms with Crippen LogP contribution in [0.1, 0.15) is 37.4 Å². The molecule has 0 bridgehead atoms. The largest absolute Gasteiger partial charge is 0.383 e. The van der Waals surface area contributed by atoms with E-state index in [4.69, 9.17) is 5.73 Å². The molecule has 0 fully saturated rings. The first kappa shape index (κ1) is 12.7. The Hall–Kier alpha value is -1.77. The molecule has 1 heterocycles. The number of para-hydroxylation sites is 1. The molecule has 0 aliphatic carbocycles. The number of nitrogen functional groups attached to an aromatic ring is 1. The van der Waals surface area contributed by atoms with Crippen LogP contribution >= 0.6 is 0 Å². The highest BCUT2D eigenvalue weighted by Gasteiger charge is 2.12. The summed E-state index contributed by atoms with van der Waals surface area (Å²) in [4.78, 5) is 0. The van der Waals surface area contributed by atoms with Crippen LogP contribution in [0, 0.1) is 6.92 Å². The van der Waals surface area contributed by atoms with Gasteiger partial charge in [-0.2, -0.15) is 5.10 Å². The summed E-state index contributed by atoms with van der Waals surface area (Å²) < 4.78 is 1.84. The molecule has 0 aliphatic rings. The zero-order valence-electron chi connectivity index (χ0n) is 11.2. The van der Waals surface area contributed by atoms with Crippen molar-refractivity contribution in [2.24, 2.45) is 0 Å². The van der Waals surface area contributed by atoms with Gasteiger partial charge in [-0.1, -0.05) is 38.0 Å². The number of aromatic nitrogens is 2. The number of benzene rings is 1. The van der Waals surface area contributed by atoms with Crippen molar-refractivity contribution >= 4 is 5.82 Å². The number of rotatable bonds is 5. The average Bonchev–Trinajstić information content (AvgIpc) is 2.68. The summed E-state index contributed by atoms with van der Waals surface area (Å²) in [6.07, 6.45) is 4.68. The molecule has 3 heteroatoms. The zero-order valence-corrected chi connectivity index (χ0v) is 11.2. The first-order valence-electron chi connectivity index (χ1n) is 6.63. The van der Waals surface area contributed by atoms with Crippen LogP contribution in [0.15, 0.2) is 30.3 Å². The van der Waals surface area contributed by atoms with Crippen LogP contribution < -0.4 is 5.73 Å². The van der Waals surface area contributed by atoms with Crippen molar-refractivity contribution in [1.29, 1.82) is 0 Å². The van der Waals surface area contributed by atoms with Gasteiger partial charge in [0.25, 0.3) is 0 Å². The summed E-state index contributed by atoms with van der Waals surface area (Å²) in [5, 5.41) is 4.64. The molecule has 0 amide bonds. The molecule has 0 aliphatic heterocycles. The van der Waals surface area contributed by atoms with Gasteiger partial charge in [0.05, 0.1) is 11.4 Å². The summed E-state index contributed by atoms with van der Waals surface area (Å²) in [5.74, 6) is 0.757. The lowest BCUT2D eigenvalue weighted by molar-refractivity contribution is 0.696. The first-order valence-corrected chi connectivity index (χ1v) is 6.63. The van der Waals surface area contributed by atoms with Crippen molar-refractivity contribution in [3.8, 4) is 5.69 Å². The minimum atomic E-state index is 0.757. The molecule has 3 nitrogen and oxygen atoms in total. The topological polar surface area (TPSA) is 43.8 Å². The molecule has 1 aromatic carbocycles. The number of hydrogen-bond acceptors (Lipinski definition) is 2. The van der Waals surface area contributed by atoms with Gasteiger partial charge in [-0.25, -0.2) is 4.68 Å². The maximum atomic E-state index is 6.14. The van der Waals surface area contributed by atoms with E-state index in [1.807, 2.05) is 35.0 Å². The lowest BCUT2D eigenvalue weighted by Crippen LogP contribution is -2.01. The summed E-state index contributed by atoms with van der Waals surface area (Å²) in [7, 11) is 0. The van der Waals surface area contributed by atoms with E-state index in [9.17, 15) is 0 Å². The van der Waals surface area contributed by atoms with E-state index >= 15 is 0 Å². The van der Waals surface area contributed by atoms with E-state index in [2.05, 4.69) is 18.9 Å². The predicted molar refractivity (Wildman–Crippen MR) is 75.9 cm³/mol. The second-order valence-corrected chi connectivity index (χ2v) is 4.66. The van der Waals surface area contributed by atoms with Crippen molar-refractivity contribution in [2.75, 3.05) is 5.73 Å². The van der Waals surface area contributed by atoms with Gasteiger partial charge in [-0.05, 0) is 31.9 Å². The molecule has 2 aromatic rings.